The molecule has 3 N–H and O–H groups in total. The van der Waals surface area contributed by atoms with Crippen LogP contribution in [0.25, 0.3) is 11.1 Å². The lowest BCUT2D eigenvalue weighted by atomic mass is 9.98. The lowest BCUT2D eigenvalue weighted by Gasteiger charge is -2.17. The maximum Gasteiger partial charge on any atom is 0.488 e. The van der Waals surface area contributed by atoms with Gasteiger partial charge in [0.1, 0.15) is 18.4 Å². The van der Waals surface area contributed by atoms with E-state index in [0.29, 0.717) is 12.8 Å². The topological polar surface area (TPSA) is 148 Å². The highest BCUT2D eigenvalue weighted by Crippen LogP contribution is 2.44. The van der Waals surface area contributed by atoms with Gasteiger partial charge in [0.15, 0.2) is 0 Å². The molecule has 0 spiro atoms. The second-order valence-corrected chi connectivity index (χ2v) is 10.1. The van der Waals surface area contributed by atoms with Crippen molar-refractivity contribution in [1.29, 1.82) is 0 Å². The van der Waals surface area contributed by atoms with Gasteiger partial charge in [0.05, 0.1) is 0 Å². The van der Waals surface area contributed by atoms with Crippen molar-refractivity contribution >= 4 is 28.5 Å². The number of carboxylic acids is 1. The third-order valence-corrected chi connectivity index (χ3v) is 6.84. The maximum atomic E-state index is 12.6. The van der Waals surface area contributed by atoms with E-state index < -0.39 is 34.5 Å². The molecule has 0 aromatic heterocycles. The number of alkyl carbamates (subject to hydrolysis) is 1. The van der Waals surface area contributed by atoms with Crippen molar-refractivity contribution in [3.8, 4) is 16.9 Å². The van der Waals surface area contributed by atoms with Crippen LogP contribution < -0.4 is 14.8 Å². The molecule has 1 atom stereocenters. The quantitative estimate of drug-likeness (QED) is 0.217. The van der Waals surface area contributed by atoms with E-state index in [1.165, 1.54) is 12.1 Å². The zero-order chi connectivity index (χ0) is 28.7. The van der Waals surface area contributed by atoms with Crippen LogP contribution in [0.3, 0.4) is 0 Å². The molecule has 0 bridgehead atoms. The molecule has 3 aromatic carbocycles. The van der Waals surface area contributed by atoms with E-state index in [1.54, 1.807) is 0 Å². The Labute approximate surface area is 230 Å². The van der Waals surface area contributed by atoms with Crippen LogP contribution in [-0.2, 0) is 20.0 Å². The molecule has 0 heterocycles. The first-order valence-corrected chi connectivity index (χ1v) is 13.8. The van der Waals surface area contributed by atoms with E-state index in [0.717, 1.165) is 34.4 Å². The average Bonchev–Trinajstić information content (AvgIpc) is 3.24. The first-order chi connectivity index (χ1) is 19.1. The third kappa shape index (κ3) is 7.35. The van der Waals surface area contributed by atoms with Crippen molar-refractivity contribution in [3.63, 3.8) is 0 Å². The number of hydrogen-bond acceptors (Lipinski definition) is 7. The minimum absolute atomic E-state index is 0.0644. The predicted molar refractivity (Wildman–Crippen MR) is 143 cm³/mol. The summed E-state index contributed by atoms with van der Waals surface area (Å²) < 4.78 is 43.1. The van der Waals surface area contributed by atoms with Gasteiger partial charge in [-0.1, -0.05) is 52.4 Å². The van der Waals surface area contributed by atoms with Crippen molar-refractivity contribution < 1.29 is 40.7 Å². The number of fused-ring (bicyclic) bond motifs is 3. The molecular formula is C28H27FN2O8S. The zero-order valence-corrected chi connectivity index (χ0v) is 22.0. The molecule has 0 aliphatic heterocycles. The van der Waals surface area contributed by atoms with E-state index in [9.17, 15) is 31.8 Å². The number of rotatable bonds is 12. The highest BCUT2D eigenvalue weighted by Gasteiger charge is 2.29. The largest absolute Gasteiger partial charge is 0.488 e. The zero-order valence-electron chi connectivity index (χ0n) is 21.2. The summed E-state index contributed by atoms with van der Waals surface area (Å²) in [6.07, 6.45) is 0.125. The number of nitrogens with one attached hydrogen (secondary N) is 2. The number of aliphatic carboxylic acids is 1. The predicted octanol–water partition coefficient (Wildman–Crippen LogP) is 4.17. The van der Waals surface area contributed by atoms with Gasteiger partial charge >= 0.3 is 22.6 Å². The van der Waals surface area contributed by atoms with Gasteiger partial charge in [-0.2, -0.15) is 8.42 Å². The van der Waals surface area contributed by atoms with Crippen molar-refractivity contribution in [3.05, 3.63) is 89.5 Å². The number of carboxylic acid groups (broad SMARTS) is 1. The molecule has 1 aliphatic rings. The van der Waals surface area contributed by atoms with Crippen LogP contribution in [0.15, 0.2) is 72.8 Å². The molecule has 3 aromatic rings. The summed E-state index contributed by atoms with van der Waals surface area (Å²) in [6, 6.07) is 19.4. The minimum Gasteiger partial charge on any atom is -0.480 e. The Kier molecular flexibility index (Phi) is 9.00. The van der Waals surface area contributed by atoms with Crippen LogP contribution in [0.5, 0.6) is 5.75 Å². The van der Waals surface area contributed by atoms with E-state index in [1.807, 2.05) is 48.5 Å². The molecule has 210 valence electrons. The molecule has 4 rings (SSSR count). The molecule has 0 fully saturated rings. The normalized spacial score (nSPS) is 13.0. The molecule has 10 nitrogen and oxygen atoms in total. The van der Waals surface area contributed by atoms with Crippen LogP contribution in [0.4, 0.5) is 8.68 Å². The van der Waals surface area contributed by atoms with E-state index in [4.69, 9.17) is 4.74 Å². The van der Waals surface area contributed by atoms with Gasteiger partial charge in [0, 0.05) is 18.0 Å². The monoisotopic (exact) mass is 570 g/mol. The van der Waals surface area contributed by atoms with Gasteiger partial charge in [-0.3, -0.25) is 4.79 Å². The van der Waals surface area contributed by atoms with E-state index >= 15 is 0 Å². The van der Waals surface area contributed by atoms with Gasteiger partial charge in [-0.15, -0.1) is 0 Å². The van der Waals surface area contributed by atoms with Crippen molar-refractivity contribution in [2.45, 2.75) is 31.2 Å². The molecule has 12 heteroatoms. The minimum atomic E-state index is -5.16. The smallest absolute Gasteiger partial charge is 0.480 e. The van der Waals surface area contributed by atoms with Crippen LogP contribution in [-0.4, -0.2) is 50.7 Å². The maximum absolute atomic E-state index is 12.6. The Bertz CT molecular complexity index is 1450. The number of ether oxygens (including phenoxy) is 1. The van der Waals surface area contributed by atoms with Gasteiger partial charge in [0.2, 0.25) is 0 Å². The number of carbonyl (C=O) groups is 3. The number of hydrogen-bond donors (Lipinski definition) is 3. The Balaban J connectivity index is 1.20. The molecule has 40 heavy (non-hydrogen) atoms. The number of amides is 2. The van der Waals surface area contributed by atoms with Crippen molar-refractivity contribution in [2.75, 3.05) is 13.2 Å². The first kappa shape index (κ1) is 28.6. The highest BCUT2D eigenvalue weighted by atomic mass is 32.3. The lowest BCUT2D eigenvalue weighted by molar-refractivity contribution is -0.139. The SMILES string of the molecule is O=C(NC(CCCCNC(=O)c1ccc(OS(=O)(=O)F)cc1)C(=O)O)OCC1c2ccccc2-c2ccccc21. The first-order valence-electron chi connectivity index (χ1n) is 12.5. The Morgan fingerprint density at radius 3 is 2.08 bits per heavy atom. The van der Waals surface area contributed by atoms with Gasteiger partial charge in [0.25, 0.3) is 5.91 Å². The van der Waals surface area contributed by atoms with Crippen molar-refractivity contribution in [1.82, 2.24) is 10.6 Å². The summed E-state index contributed by atoms with van der Waals surface area (Å²) in [7, 11) is -5.16. The fourth-order valence-electron chi connectivity index (χ4n) is 4.59. The molecule has 0 saturated heterocycles. The van der Waals surface area contributed by atoms with Crippen LogP contribution in [0.1, 0.15) is 46.7 Å². The summed E-state index contributed by atoms with van der Waals surface area (Å²) >= 11 is 0. The molecule has 0 saturated carbocycles. The van der Waals surface area contributed by atoms with Gasteiger partial charge in [-0.25, -0.2) is 9.59 Å². The molecular weight excluding hydrogens is 543 g/mol. The number of unbranched alkanes of at least 4 members (excludes halogenated alkanes) is 1. The standard InChI is InChI=1S/C28H27FN2O8S/c29-40(36,37)39-19-14-12-18(13-15-19)26(32)30-16-6-5-11-25(27(33)34)31-28(35)38-17-24-22-9-3-1-7-20(22)21-8-2-4-10-23(21)24/h1-4,7-10,12-15,24-25H,5-6,11,16-17H2,(H,30,32)(H,31,35)(H,33,34). The number of benzene rings is 3. The Morgan fingerprint density at radius 1 is 0.900 bits per heavy atom. The molecule has 1 unspecified atom stereocenters. The summed E-state index contributed by atoms with van der Waals surface area (Å²) in [5.74, 6) is -2.08. The second-order valence-electron chi connectivity index (χ2n) is 9.11. The molecule has 2 amide bonds. The number of halogens is 1. The van der Waals surface area contributed by atoms with Gasteiger partial charge < -0.3 is 24.7 Å². The molecule has 0 radical (unpaired) electrons. The fraction of sp³-hybridized carbons (Fsp3) is 0.250. The molecule has 1 aliphatic carbocycles. The number of carbonyl (C=O) groups excluding carboxylic acids is 2. The van der Waals surface area contributed by atoms with Crippen molar-refractivity contribution in [2.24, 2.45) is 0 Å². The van der Waals surface area contributed by atoms with E-state index in [-0.39, 0.29) is 36.8 Å². The Morgan fingerprint density at radius 2 is 1.50 bits per heavy atom. The lowest BCUT2D eigenvalue weighted by Crippen LogP contribution is -2.41. The van der Waals surface area contributed by atoms with Crippen LogP contribution >= 0.6 is 0 Å². The van der Waals surface area contributed by atoms with E-state index in [2.05, 4.69) is 14.8 Å². The average molecular weight is 571 g/mol. The fourth-order valence-corrected chi connectivity index (χ4v) is 4.93. The Hall–Kier alpha value is -4.45. The summed E-state index contributed by atoms with van der Waals surface area (Å²) in [6.45, 7) is 0.294. The van der Waals surface area contributed by atoms with Crippen LogP contribution in [0.2, 0.25) is 0 Å². The van der Waals surface area contributed by atoms with Gasteiger partial charge in [-0.05, 0) is 65.8 Å². The second kappa shape index (κ2) is 12.6. The summed E-state index contributed by atoms with van der Waals surface area (Å²) in [5, 5.41) is 14.6. The summed E-state index contributed by atoms with van der Waals surface area (Å²) in [4.78, 5) is 36.4. The summed E-state index contributed by atoms with van der Waals surface area (Å²) in [5.41, 5.74) is 4.46. The van der Waals surface area contributed by atoms with Crippen LogP contribution in [0, 0.1) is 0 Å². The third-order valence-electron chi connectivity index (χ3n) is 6.45. The highest BCUT2D eigenvalue weighted by molar-refractivity contribution is 7.81.